The molecule has 2 aromatic rings. The molecule has 0 radical (unpaired) electrons. The van der Waals surface area contributed by atoms with E-state index in [0.29, 0.717) is 6.42 Å². The van der Waals surface area contributed by atoms with E-state index < -0.39 is 11.6 Å². The Morgan fingerprint density at radius 3 is 2.20 bits per heavy atom. The first-order valence-electron chi connectivity index (χ1n) is 6.72. The minimum Gasteiger partial charge on any atom is -0.478 e. The van der Waals surface area contributed by atoms with Crippen molar-refractivity contribution in [1.29, 1.82) is 0 Å². The highest BCUT2D eigenvalue weighted by molar-refractivity contribution is 5.87. The smallest absolute Gasteiger partial charge is 0.335 e. The van der Waals surface area contributed by atoms with Crippen LogP contribution in [0.25, 0.3) is 0 Å². The molecule has 2 aromatic carbocycles. The third-order valence-electron chi connectivity index (χ3n) is 4.22. The van der Waals surface area contributed by atoms with Gasteiger partial charge in [-0.15, -0.1) is 0 Å². The summed E-state index contributed by atoms with van der Waals surface area (Å²) < 4.78 is 0. The third-order valence-corrected chi connectivity index (χ3v) is 4.22. The molecule has 0 unspecified atom stereocenters. The summed E-state index contributed by atoms with van der Waals surface area (Å²) in [5.74, 6) is -0.865. The lowest BCUT2D eigenvalue weighted by molar-refractivity contribution is -0.0645. The number of carboxylic acids is 1. The molecule has 0 amide bonds. The van der Waals surface area contributed by atoms with Crippen LogP contribution in [-0.4, -0.2) is 16.2 Å². The van der Waals surface area contributed by atoms with Crippen LogP contribution in [0, 0.1) is 0 Å². The van der Waals surface area contributed by atoms with E-state index in [1.165, 1.54) is 0 Å². The molecule has 0 bridgehead atoms. The lowest BCUT2D eigenvalue weighted by atomic mass is 9.63. The summed E-state index contributed by atoms with van der Waals surface area (Å²) in [6.07, 6.45) is 1.65. The molecule has 1 aliphatic rings. The summed E-state index contributed by atoms with van der Waals surface area (Å²) >= 11 is 0. The predicted octanol–water partition coefficient (Wildman–Crippen LogP) is 3.15. The Bertz CT molecular complexity index is 618. The first kappa shape index (κ1) is 12.9. The maximum absolute atomic E-state index is 10.9. The van der Waals surface area contributed by atoms with Gasteiger partial charge in [-0.25, -0.2) is 4.79 Å². The molecule has 0 aromatic heterocycles. The van der Waals surface area contributed by atoms with Crippen LogP contribution in [0.15, 0.2) is 54.6 Å². The fourth-order valence-electron chi connectivity index (χ4n) is 2.94. The van der Waals surface area contributed by atoms with Crippen molar-refractivity contribution >= 4 is 5.97 Å². The van der Waals surface area contributed by atoms with Crippen molar-refractivity contribution in [3.8, 4) is 0 Å². The lowest BCUT2D eigenvalue weighted by Crippen LogP contribution is -2.42. The molecule has 0 saturated heterocycles. The monoisotopic (exact) mass is 268 g/mol. The second kappa shape index (κ2) is 4.76. The van der Waals surface area contributed by atoms with Crippen molar-refractivity contribution in [3.05, 3.63) is 71.3 Å². The molecule has 0 aliphatic heterocycles. The van der Waals surface area contributed by atoms with Gasteiger partial charge in [-0.2, -0.15) is 0 Å². The quantitative estimate of drug-likeness (QED) is 0.899. The predicted molar refractivity (Wildman–Crippen MR) is 75.7 cm³/mol. The summed E-state index contributed by atoms with van der Waals surface area (Å²) in [4.78, 5) is 10.9. The number of carboxylic acid groups (broad SMARTS) is 1. The fourth-order valence-corrected chi connectivity index (χ4v) is 2.94. The molecule has 1 aliphatic carbocycles. The van der Waals surface area contributed by atoms with Crippen LogP contribution < -0.4 is 0 Å². The normalized spacial score (nSPS) is 24.9. The lowest BCUT2D eigenvalue weighted by Gasteiger charge is -2.46. The zero-order valence-electron chi connectivity index (χ0n) is 11.0. The van der Waals surface area contributed by atoms with Gasteiger partial charge in [0.15, 0.2) is 0 Å². The van der Waals surface area contributed by atoms with Crippen molar-refractivity contribution in [3.63, 3.8) is 0 Å². The standard InChI is InChI=1S/C17H16O3/c18-16(19)13-6-8-14(9-7-13)17(20)11-10-15(17)12-4-2-1-3-5-12/h1-9,15,20H,10-11H2,(H,18,19)/t15-,17+/m1/s1. The van der Waals surface area contributed by atoms with Crippen LogP contribution in [0.5, 0.6) is 0 Å². The number of hydrogen-bond donors (Lipinski definition) is 2. The Morgan fingerprint density at radius 2 is 1.70 bits per heavy atom. The van der Waals surface area contributed by atoms with Gasteiger partial charge in [0, 0.05) is 5.92 Å². The van der Waals surface area contributed by atoms with Gasteiger partial charge in [0.1, 0.15) is 0 Å². The van der Waals surface area contributed by atoms with Gasteiger partial charge in [-0.1, -0.05) is 42.5 Å². The molecule has 20 heavy (non-hydrogen) atoms. The first-order valence-corrected chi connectivity index (χ1v) is 6.72. The van der Waals surface area contributed by atoms with Gasteiger partial charge < -0.3 is 10.2 Å². The van der Waals surface area contributed by atoms with E-state index in [1.807, 2.05) is 30.3 Å². The maximum Gasteiger partial charge on any atom is 0.335 e. The van der Waals surface area contributed by atoms with Crippen LogP contribution in [0.3, 0.4) is 0 Å². The second-order valence-electron chi connectivity index (χ2n) is 5.31. The summed E-state index contributed by atoms with van der Waals surface area (Å²) in [5, 5.41) is 19.8. The molecule has 0 spiro atoms. The van der Waals surface area contributed by atoms with Gasteiger partial charge in [-0.05, 0) is 36.1 Å². The van der Waals surface area contributed by atoms with Crippen LogP contribution in [0.1, 0.15) is 40.2 Å². The number of benzene rings is 2. The Kier molecular flexibility index (Phi) is 3.07. The van der Waals surface area contributed by atoms with E-state index in [2.05, 4.69) is 0 Å². The van der Waals surface area contributed by atoms with Crippen LogP contribution in [0.4, 0.5) is 0 Å². The van der Waals surface area contributed by atoms with Crippen LogP contribution in [-0.2, 0) is 5.60 Å². The maximum atomic E-state index is 10.9. The fraction of sp³-hybridized carbons (Fsp3) is 0.235. The zero-order valence-corrected chi connectivity index (χ0v) is 11.0. The van der Waals surface area contributed by atoms with Gasteiger partial charge in [0.25, 0.3) is 0 Å². The van der Waals surface area contributed by atoms with Gasteiger partial charge >= 0.3 is 5.97 Å². The molecule has 3 nitrogen and oxygen atoms in total. The molecule has 3 rings (SSSR count). The number of carbonyl (C=O) groups is 1. The highest BCUT2D eigenvalue weighted by Crippen LogP contribution is 2.52. The molecule has 0 heterocycles. The Labute approximate surface area is 117 Å². The Morgan fingerprint density at radius 1 is 1.05 bits per heavy atom. The van der Waals surface area contributed by atoms with E-state index in [9.17, 15) is 9.90 Å². The van der Waals surface area contributed by atoms with E-state index >= 15 is 0 Å². The zero-order chi connectivity index (χ0) is 14.2. The average Bonchev–Trinajstić information content (AvgIpc) is 2.46. The molecule has 102 valence electrons. The summed E-state index contributed by atoms with van der Waals surface area (Å²) in [6.45, 7) is 0. The summed E-state index contributed by atoms with van der Waals surface area (Å²) in [7, 11) is 0. The largest absolute Gasteiger partial charge is 0.478 e. The average molecular weight is 268 g/mol. The topological polar surface area (TPSA) is 57.5 Å². The molecule has 1 saturated carbocycles. The van der Waals surface area contributed by atoms with Crippen molar-refractivity contribution < 1.29 is 15.0 Å². The van der Waals surface area contributed by atoms with Crippen molar-refractivity contribution in [2.45, 2.75) is 24.4 Å². The van der Waals surface area contributed by atoms with E-state index in [1.54, 1.807) is 24.3 Å². The molecular weight excluding hydrogens is 252 g/mol. The minimum atomic E-state index is -0.947. The minimum absolute atomic E-state index is 0.0828. The number of hydrogen-bond acceptors (Lipinski definition) is 2. The highest BCUT2D eigenvalue weighted by Gasteiger charge is 2.47. The first-order chi connectivity index (χ1) is 9.61. The highest BCUT2D eigenvalue weighted by atomic mass is 16.4. The molecule has 1 fully saturated rings. The Hall–Kier alpha value is -2.13. The van der Waals surface area contributed by atoms with Crippen molar-refractivity contribution in [2.24, 2.45) is 0 Å². The number of aromatic carboxylic acids is 1. The SMILES string of the molecule is O=C(O)c1ccc([C@@]2(O)CC[C@@H]2c2ccccc2)cc1. The Balaban J connectivity index is 1.91. The molecular formula is C17H16O3. The van der Waals surface area contributed by atoms with E-state index in [-0.39, 0.29) is 11.5 Å². The van der Waals surface area contributed by atoms with Gasteiger partial charge in [0.05, 0.1) is 11.2 Å². The summed E-state index contributed by atoms with van der Waals surface area (Å²) in [6, 6.07) is 16.5. The van der Waals surface area contributed by atoms with Crippen molar-refractivity contribution in [2.75, 3.05) is 0 Å². The van der Waals surface area contributed by atoms with E-state index in [0.717, 1.165) is 17.5 Å². The number of rotatable bonds is 3. The van der Waals surface area contributed by atoms with Crippen LogP contribution >= 0.6 is 0 Å². The second-order valence-corrected chi connectivity index (χ2v) is 5.31. The summed E-state index contributed by atoms with van der Waals surface area (Å²) in [5.41, 5.74) is 1.29. The van der Waals surface area contributed by atoms with Gasteiger partial charge in [0.2, 0.25) is 0 Å². The molecule has 2 N–H and O–H groups in total. The molecule has 3 heteroatoms. The van der Waals surface area contributed by atoms with Crippen LogP contribution in [0.2, 0.25) is 0 Å². The van der Waals surface area contributed by atoms with E-state index in [4.69, 9.17) is 5.11 Å². The third kappa shape index (κ3) is 2.00. The van der Waals surface area contributed by atoms with Crippen molar-refractivity contribution in [1.82, 2.24) is 0 Å². The molecule has 2 atom stereocenters. The van der Waals surface area contributed by atoms with Gasteiger partial charge in [-0.3, -0.25) is 0 Å². The number of aliphatic hydroxyl groups is 1.